The van der Waals surface area contributed by atoms with Crippen molar-refractivity contribution in [3.8, 4) is 6.07 Å². The normalized spacial score (nSPS) is 10.9. The van der Waals surface area contributed by atoms with E-state index in [-0.39, 0.29) is 24.8 Å². The maximum absolute atomic E-state index is 12.0. The Balaban J connectivity index is 2.60. The van der Waals surface area contributed by atoms with Crippen LogP contribution in [0.2, 0.25) is 0 Å². The fraction of sp³-hybridized carbons (Fsp3) is 0.562. The lowest BCUT2D eigenvalue weighted by atomic mass is 9.96. The van der Waals surface area contributed by atoms with Crippen molar-refractivity contribution in [3.63, 3.8) is 0 Å². The Morgan fingerprint density at radius 1 is 1.32 bits per heavy atom. The lowest BCUT2D eigenvalue weighted by Gasteiger charge is -2.17. The smallest absolute Gasteiger partial charge is 0.226 e. The van der Waals surface area contributed by atoms with E-state index in [4.69, 9.17) is 0 Å². The van der Waals surface area contributed by atoms with Crippen LogP contribution in [0.15, 0.2) is 0 Å². The van der Waals surface area contributed by atoms with Crippen molar-refractivity contribution in [2.24, 2.45) is 5.41 Å². The van der Waals surface area contributed by atoms with Crippen molar-refractivity contribution >= 4 is 28.2 Å². The van der Waals surface area contributed by atoms with Gasteiger partial charge in [0.1, 0.15) is 11.1 Å². The summed E-state index contributed by atoms with van der Waals surface area (Å²) < 4.78 is 0. The van der Waals surface area contributed by atoms with E-state index in [1.54, 1.807) is 0 Å². The Hall–Kier alpha value is -1.87. The highest BCUT2D eigenvalue weighted by Gasteiger charge is 2.21. The van der Waals surface area contributed by atoms with Crippen molar-refractivity contribution < 1.29 is 9.59 Å². The van der Waals surface area contributed by atoms with Gasteiger partial charge in [-0.05, 0) is 18.9 Å². The molecule has 0 radical (unpaired) electrons. The third kappa shape index (κ3) is 4.57. The predicted octanol–water partition coefficient (Wildman–Crippen LogP) is 2.98. The van der Waals surface area contributed by atoms with Crippen molar-refractivity contribution in [3.05, 3.63) is 16.0 Å². The Kier molecular flexibility index (Phi) is 6.12. The largest absolute Gasteiger partial charge is 0.355 e. The van der Waals surface area contributed by atoms with Crippen LogP contribution < -0.4 is 10.6 Å². The zero-order valence-corrected chi connectivity index (χ0v) is 14.6. The number of nitrogens with zero attached hydrogens (tertiary/aromatic N) is 1. The van der Waals surface area contributed by atoms with Crippen molar-refractivity contribution in [1.82, 2.24) is 5.32 Å². The fourth-order valence-corrected chi connectivity index (χ4v) is 3.07. The summed E-state index contributed by atoms with van der Waals surface area (Å²) >= 11 is 1.42. The highest BCUT2D eigenvalue weighted by Crippen LogP contribution is 2.32. The first kappa shape index (κ1) is 18.2. The summed E-state index contributed by atoms with van der Waals surface area (Å²) in [5.41, 5.74) is 1.08. The molecule has 0 atom stereocenters. The molecule has 0 bridgehead atoms. The summed E-state index contributed by atoms with van der Waals surface area (Å²) in [6, 6.07) is 2.16. The van der Waals surface area contributed by atoms with E-state index in [1.807, 2.05) is 34.6 Å². The van der Waals surface area contributed by atoms with E-state index in [1.165, 1.54) is 11.3 Å². The van der Waals surface area contributed by atoms with E-state index in [0.717, 1.165) is 16.9 Å². The average Bonchev–Trinajstić information content (AvgIpc) is 2.72. The molecule has 5 nitrogen and oxygen atoms in total. The molecule has 0 aromatic carbocycles. The van der Waals surface area contributed by atoms with E-state index in [0.29, 0.717) is 10.6 Å². The molecule has 1 aromatic rings. The van der Waals surface area contributed by atoms with Gasteiger partial charge >= 0.3 is 0 Å². The third-order valence-corrected chi connectivity index (χ3v) is 4.31. The molecule has 2 N–H and O–H groups in total. The van der Waals surface area contributed by atoms with Crippen LogP contribution in [-0.4, -0.2) is 18.4 Å². The minimum Gasteiger partial charge on any atom is -0.355 e. The first-order valence-corrected chi connectivity index (χ1v) is 8.12. The van der Waals surface area contributed by atoms with Crippen LogP contribution in [0.5, 0.6) is 0 Å². The summed E-state index contributed by atoms with van der Waals surface area (Å²) in [4.78, 5) is 24.7. The number of nitriles is 1. The van der Waals surface area contributed by atoms with Crippen molar-refractivity contribution in [2.75, 3.05) is 11.9 Å². The minimum absolute atomic E-state index is 0.0850. The molecular weight excluding hydrogens is 298 g/mol. The van der Waals surface area contributed by atoms with Gasteiger partial charge in [-0.25, -0.2) is 0 Å². The fourth-order valence-electron chi connectivity index (χ4n) is 1.95. The first-order chi connectivity index (χ1) is 10.2. The number of thiophene rings is 1. The van der Waals surface area contributed by atoms with Crippen LogP contribution in [0.1, 0.15) is 50.1 Å². The zero-order chi connectivity index (χ0) is 16.9. The molecule has 1 aromatic heterocycles. The summed E-state index contributed by atoms with van der Waals surface area (Å²) in [6.07, 6.45) is 0.952. The summed E-state index contributed by atoms with van der Waals surface area (Å²) in [7, 11) is 0. The van der Waals surface area contributed by atoms with Gasteiger partial charge in [0, 0.05) is 23.3 Å². The predicted molar refractivity (Wildman–Crippen MR) is 88.9 cm³/mol. The molecule has 0 fully saturated rings. The number of carbonyl (C=O) groups excluding carboxylic acids is 2. The Morgan fingerprint density at radius 3 is 2.45 bits per heavy atom. The zero-order valence-electron chi connectivity index (χ0n) is 13.8. The lowest BCUT2D eigenvalue weighted by Crippen LogP contribution is -2.36. The van der Waals surface area contributed by atoms with Crippen molar-refractivity contribution in [2.45, 2.75) is 47.5 Å². The van der Waals surface area contributed by atoms with Crippen LogP contribution in [-0.2, 0) is 16.0 Å². The maximum atomic E-state index is 12.0. The summed E-state index contributed by atoms with van der Waals surface area (Å²) in [6.45, 7) is 9.69. The highest BCUT2D eigenvalue weighted by atomic mass is 32.1. The number of aryl methyl sites for hydroxylation is 1. The molecule has 120 valence electrons. The molecule has 22 heavy (non-hydrogen) atoms. The molecule has 0 aliphatic rings. The van der Waals surface area contributed by atoms with Crippen molar-refractivity contribution in [1.29, 1.82) is 5.26 Å². The van der Waals surface area contributed by atoms with Gasteiger partial charge in [0.15, 0.2) is 0 Å². The summed E-state index contributed by atoms with van der Waals surface area (Å²) in [5.74, 6) is -0.284. The average molecular weight is 321 g/mol. The van der Waals surface area contributed by atoms with Crippen LogP contribution in [0.25, 0.3) is 0 Å². The number of hydrogen-bond donors (Lipinski definition) is 2. The van der Waals surface area contributed by atoms with Gasteiger partial charge in [0.25, 0.3) is 0 Å². The number of amides is 2. The molecule has 1 rings (SSSR count). The number of anilines is 1. The monoisotopic (exact) mass is 321 g/mol. The topological polar surface area (TPSA) is 82.0 Å². The molecule has 0 aliphatic carbocycles. The van der Waals surface area contributed by atoms with Gasteiger partial charge in [0.2, 0.25) is 11.8 Å². The van der Waals surface area contributed by atoms with E-state index >= 15 is 0 Å². The third-order valence-electron chi connectivity index (χ3n) is 3.25. The number of hydrogen-bond acceptors (Lipinski definition) is 4. The molecule has 6 heteroatoms. The molecule has 0 spiro atoms. The molecule has 1 heterocycles. The Bertz CT molecular complexity index is 606. The van der Waals surface area contributed by atoms with Gasteiger partial charge < -0.3 is 10.6 Å². The molecular formula is C16H23N3O2S. The standard InChI is InChI=1S/C16H23N3O2S/c1-6-11-10(2)22-14(12(11)9-17)19-13(20)7-8-18-15(21)16(3,4)5/h6-8H2,1-5H3,(H,18,21)(H,19,20). The van der Waals surface area contributed by atoms with Gasteiger partial charge in [-0.15, -0.1) is 11.3 Å². The summed E-state index contributed by atoms with van der Waals surface area (Å²) in [5, 5.41) is 15.4. The number of nitrogens with one attached hydrogen (secondary N) is 2. The minimum atomic E-state index is -0.467. The lowest BCUT2D eigenvalue weighted by molar-refractivity contribution is -0.128. The number of carbonyl (C=O) groups is 2. The van der Waals surface area contributed by atoms with E-state index in [2.05, 4.69) is 16.7 Å². The number of rotatable bonds is 5. The molecule has 2 amide bonds. The molecule has 0 saturated heterocycles. The van der Waals surface area contributed by atoms with Crippen LogP contribution >= 0.6 is 11.3 Å². The van der Waals surface area contributed by atoms with Gasteiger partial charge in [0.05, 0.1) is 5.56 Å². The highest BCUT2D eigenvalue weighted by molar-refractivity contribution is 7.16. The second kappa shape index (κ2) is 7.41. The molecule has 0 aliphatic heterocycles. The quantitative estimate of drug-likeness (QED) is 0.874. The van der Waals surface area contributed by atoms with Gasteiger partial charge in [-0.1, -0.05) is 27.7 Å². The van der Waals surface area contributed by atoms with Gasteiger partial charge in [-0.3, -0.25) is 9.59 Å². The van der Waals surface area contributed by atoms with Crippen LogP contribution in [0.3, 0.4) is 0 Å². The molecule has 0 unspecified atom stereocenters. The SMILES string of the molecule is CCc1c(C)sc(NC(=O)CCNC(=O)C(C)(C)C)c1C#N. The van der Waals surface area contributed by atoms with E-state index < -0.39 is 5.41 Å². The Labute approximate surface area is 135 Å². The first-order valence-electron chi connectivity index (χ1n) is 7.31. The van der Waals surface area contributed by atoms with Gasteiger partial charge in [-0.2, -0.15) is 5.26 Å². The maximum Gasteiger partial charge on any atom is 0.226 e. The van der Waals surface area contributed by atoms with E-state index in [9.17, 15) is 14.9 Å². The van der Waals surface area contributed by atoms with Crippen LogP contribution in [0, 0.1) is 23.7 Å². The Morgan fingerprint density at radius 2 is 1.95 bits per heavy atom. The van der Waals surface area contributed by atoms with Crippen LogP contribution in [0.4, 0.5) is 5.00 Å². The second-order valence-electron chi connectivity index (χ2n) is 6.11. The second-order valence-corrected chi connectivity index (χ2v) is 7.34. The molecule has 0 saturated carbocycles.